The zero-order valence-corrected chi connectivity index (χ0v) is 11.6. The van der Waals surface area contributed by atoms with Gasteiger partial charge in [-0.2, -0.15) is 0 Å². The van der Waals surface area contributed by atoms with Crippen molar-refractivity contribution >= 4 is 22.7 Å². The number of nitrogen functional groups attached to an aromatic ring is 1. The molecule has 2 rings (SSSR count). The molecule has 0 amide bonds. The molecule has 19 heavy (non-hydrogen) atoms. The molecule has 102 valence electrons. The van der Waals surface area contributed by atoms with Crippen molar-refractivity contribution in [2.45, 2.75) is 45.6 Å². The molecule has 0 aliphatic carbocycles. The fourth-order valence-electron chi connectivity index (χ4n) is 2.08. The van der Waals surface area contributed by atoms with E-state index in [9.17, 15) is 0 Å². The van der Waals surface area contributed by atoms with Crippen molar-refractivity contribution in [3.8, 4) is 0 Å². The highest BCUT2D eigenvalue weighted by Crippen LogP contribution is 2.20. The van der Waals surface area contributed by atoms with Crippen molar-refractivity contribution in [1.82, 2.24) is 15.0 Å². The van der Waals surface area contributed by atoms with Gasteiger partial charge in [-0.15, -0.1) is 0 Å². The van der Waals surface area contributed by atoms with Crippen molar-refractivity contribution in [3.05, 3.63) is 18.5 Å². The van der Waals surface area contributed by atoms with Gasteiger partial charge < -0.3 is 11.1 Å². The van der Waals surface area contributed by atoms with Crippen LogP contribution in [0.4, 0.5) is 11.6 Å². The molecule has 0 radical (unpaired) electrons. The summed E-state index contributed by atoms with van der Waals surface area (Å²) in [5.74, 6) is 1.31. The number of unbranched alkanes of at least 4 members (excludes halogenated alkanes) is 2. The van der Waals surface area contributed by atoms with Gasteiger partial charge in [0.25, 0.3) is 0 Å². The number of anilines is 2. The predicted molar refractivity (Wildman–Crippen MR) is 79.0 cm³/mol. The van der Waals surface area contributed by atoms with E-state index in [2.05, 4.69) is 34.1 Å². The maximum absolute atomic E-state index is 5.66. The molecule has 0 aromatic carbocycles. The maximum atomic E-state index is 5.66. The fraction of sp³-hybridized carbons (Fsp3) is 0.500. The highest BCUT2D eigenvalue weighted by atomic mass is 15.1. The number of pyridine rings is 1. The van der Waals surface area contributed by atoms with Gasteiger partial charge in [-0.25, -0.2) is 15.0 Å². The van der Waals surface area contributed by atoms with Gasteiger partial charge in [0.1, 0.15) is 18.0 Å². The van der Waals surface area contributed by atoms with Crippen molar-refractivity contribution in [1.29, 1.82) is 0 Å². The van der Waals surface area contributed by atoms with E-state index >= 15 is 0 Å². The Morgan fingerprint density at radius 2 is 2.11 bits per heavy atom. The molecule has 1 atom stereocenters. The molecule has 1 unspecified atom stereocenters. The van der Waals surface area contributed by atoms with E-state index in [0.717, 1.165) is 17.6 Å². The van der Waals surface area contributed by atoms with Crippen LogP contribution in [0, 0.1) is 0 Å². The first-order chi connectivity index (χ1) is 9.20. The number of nitrogens with zero attached hydrogens (tertiary/aromatic N) is 3. The van der Waals surface area contributed by atoms with Crippen molar-refractivity contribution in [3.63, 3.8) is 0 Å². The first kappa shape index (κ1) is 13.5. The summed E-state index contributed by atoms with van der Waals surface area (Å²) in [7, 11) is 0. The minimum Gasteiger partial charge on any atom is -0.384 e. The van der Waals surface area contributed by atoms with E-state index in [1.165, 1.54) is 25.6 Å². The lowest BCUT2D eigenvalue weighted by Gasteiger charge is -2.15. The molecule has 2 heterocycles. The summed E-state index contributed by atoms with van der Waals surface area (Å²) in [4.78, 5) is 12.7. The number of fused-ring (bicyclic) bond motifs is 1. The molecule has 0 saturated heterocycles. The average molecular weight is 259 g/mol. The van der Waals surface area contributed by atoms with Gasteiger partial charge in [-0.3, -0.25) is 0 Å². The Morgan fingerprint density at radius 3 is 2.89 bits per heavy atom. The molecule has 3 N–H and O–H groups in total. The van der Waals surface area contributed by atoms with E-state index < -0.39 is 0 Å². The Labute approximate surface area is 113 Å². The summed E-state index contributed by atoms with van der Waals surface area (Å²) < 4.78 is 0. The zero-order valence-electron chi connectivity index (χ0n) is 11.6. The van der Waals surface area contributed by atoms with Crippen molar-refractivity contribution in [2.24, 2.45) is 0 Å². The Kier molecular flexibility index (Phi) is 4.49. The molecule has 0 fully saturated rings. The Balaban J connectivity index is 2.12. The summed E-state index contributed by atoms with van der Waals surface area (Å²) in [6.45, 7) is 4.39. The summed E-state index contributed by atoms with van der Waals surface area (Å²) in [5.41, 5.74) is 6.30. The van der Waals surface area contributed by atoms with Crippen molar-refractivity contribution in [2.75, 3.05) is 11.1 Å². The van der Waals surface area contributed by atoms with Crippen LogP contribution >= 0.6 is 0 Å². The molecule has 0 aliphatic heterocycles. The number of nitrogens with one attached hydrogen (secondary N) is 1. The Bertz CT molecular complexity index is 540. The summed E-state index contributed by atoms with van der Waals surface area (Å²) in [6.07, 6.45) is 6.41. The highest BCUT2D eigenvalue weighted by molar-refractivity contribution is 5.87. The summed E-state index contributed by atoms with van der Waals surface area (Å²) in [6, 6.07) is 4.08. The maximum Gasteiger partial charge on any atom is 0.166 e. The van der Waals surface area contributed by atoms with Gasteiger partial charge in [-0.1, -0.05) is 26.2 Å². The van der Waals surface area contributed by atoms with Gasteiger partial charge in [0.2, 0.25) is 0 Å². The lowest BCUT2D eigenvalue weighted by molar-refractivity contribution is 0.614. The van der Waals surface area contributed by atoms with Gasteiger partial charge >= 0.3 is 0 Å². The molecule has 0 spiro atoms. The molecule has 5 heteroatoms. The topological polar surface area (TPSA) is 76.7 Å². The van der Waals surface area contributed by atoms with E-state index in [1.54, 1.807) is 6.07 Å². The van der Waals surface area contributed by atoms with E-state index in [1.807, 2.05) is 6.07 Å². The van der Waals surface area contributed by atoms with Crippen LogP contribution in [-0.4, -0.2) is 21.0 Å². The van der Waals surface area contributed by atoms with Crippen LogP contribution < -0.4 is 11.1 Å². The smallest absolute Gasteiger partial charge is 0.166 e. The van der Waals surface area contributed by atoms with Gasteiger partial charge in [0.15, 0.2) is 5.65 Å². The van der Waals surface area contributed by atoms with E-state index in [0.29, 0.717) is 17.5 Å². The minimum absolute atomic E-state index is 0.391. The van der Waals surface area contributed by atoms with Gasteiger partial charge in [0, 0.05) is 6.04 Å². The number of nitrogens with two attached hydrogens (primary N) is 1. The lowest BCUT2D eigenvalue weighted by atomic mass is 10.1. The predicted octanol–water partition coefficient (Wildman–Crippen LogP) is 2.99. The molecular weight excluding hydrogens is 238 g/mol. The molecule has 0 saturated carbocycles. The molecule has 5 nitrogen and oxygen atoms in total. The first-order valence-corrected chi connectivity index (χ1v) is 6.84. The number of hydrogen-bond donors (Lipinski definition) is 2. The van der Waals surface area contributed by atoms with Crippen LogP contribution in [0.25, 0.3) is 11.0 Å². The third-order valence-corrected chi connectivity index (χ3v) is 3.14. The second-order valence-electron chi connectivity index (χ2n) is 4.87. The minimum atomic E-state index is 0.391. The largest absolute Gasteiger partial charge is 0.384 e. The van der Waals surface area contributed by atoms with Crippen LogP contribution in [-0.2, 0) is 0 Å². The van der Waals surface area contributed by atoms with Crippen molar-refractivity contribution < 1.29 is 0 Å². The molecular formula is C14H21N5. The Morgan fingerprint density at radius 1 is 1.26 bits per heavy atom. The van der Waals surface area contributed by atoms with Crippen LogP contribution in [0.15, 0.2) is 18.5 Å². The normalized spacial score (nSPS) is 12.5. The lowest BCUT2D eigenvalue weighted by Crippen LogP contribution is -2.16. The van der Waals surface area contributed by atoms with Crippen LogP contribution in [0.2, 0.25) is 0 Å². The standard InChI is InChI=1S/C14H21N5/c1-3-4-5-6-10(2)18-13-11-7-8-12(15)19-14(11)17-9-16-13/h7-10H,3-6H2,1-2H3,(H3,15,16,17,18,19). The van der Waals surface area contributed by atoms with Crippen LogP contribution in [0.3, 0.4) is 0 Å². The molecule has 0 aliphatic rings. The highest BCUT2D eigenvalue weighted by Gasteiger charge is 2.08. The molecule has 2 aromatic rings. The monoisotopic (exact) mass is 259 g/mol. The molecule has 0 bridgehead atoms. The van der Waals surface area contributed by atoms with Crippen LogP contribution in [0.1, 0.15) is 39.5 Å². The summed E-state index contributed by atoms with van der Waals surface area (Å²) in [5, 5.41) is 4.35. The Hall–Kier alpha value is -1.91. The number of rotatable bonds is 6. The second kappa shape index (κ2) is 6.31. The number of hydrogen-bond acceptors (Lipinski definition) is 5. The third kappa shape index (κ3) is 3.53. The first-order valence-electron chi connectivity index (χ1n) is 6.84. The van der Waals surface area contributed by atoms with E-state index in [-0.39, 0.29) is 0 Å². The second-order valence-corrected chi connectivity index (χ2v) is 4.87. The third-order valence-electron chi connectivity index (χ3n) is 3.14. The number of aromatic nitrogens is 3. The SMILES string of the molecule is CCCCCC(C)Nc1ncnc2nc(N)ccc12. The quantitative estimate of drug-likeness (QED) is 0.780. The van der Waals surface area contributed by atoms with Gasteiger partial charge in [-0.05, 0) is 25.5 Å². The van der Waals surface area contributed by atoms with E-state index in [4.69, 9.17) is 5.73 Å². The summed E-state index contributed by atoms with van der Waals surface area (Å²) >= 11 is 0. The molecule has 2 aromatic heterocycles. The zero-order chi connectivity index (χ0) is 13.7. The van der Waals surface area contributed by atoms with Gasteiger partial charge in [0.05, 0.1) is 5.39 Å². The fourth-order valence-corrected chi connectivity index (χ4v) is 2.08. The van der Waals surface area contributed by atoms with Crippen LogP contribution in [0.5, 0.6) is 0 Å². The average Bonchev–Trinajstić information content (AvgIpc) is 2.39.